The average molecular weight is 290 g/mol. The Bertz CT molecular complexity index is 598. The highest BCUT2D eigenvalue weighted by atomic mass is 14.3. The zero-order valence-electron chi connectivity index (χ0n) is 13.6. The summed E-state index contributed by atoms with van der Waals surface area (Å²) in [6.07, 6.45) is 6.23. The van der Waals surface area contributed by atoms with E-state index < -0.39 is 0 Å². The molecule has 0 spiro atoms. The van der Waals surface area contributed by atoms with Gasteiger partial charge in [0.15, 0.2) is 0 Å². The fraction of sp³-hybridized carbons (Fsp3) is 0.364. The van der Waals surface area contributed by atoms with Crippen molar-refractivity contribution in [1.82, 2.24) is 0 Å². The Morgan fingerprint density at radius 1 is 0.909 bits per heavy atom. The Morgan fingerprint density at radius 3 is 2.14 bits per heavy atom. The fourth-order valence-electron chi connectivity index (χ4n) is 3.69. The van der Waals surface area contributed by atoms with Crippen LogP contribution in [0.1, 0.15) is 55.2 Å². The number of rotatable bonds is 4. The summed E-state index contributed by atoms with van der Waals surface area (Å²) in [5.41, 5.74) is 5.60. The lowest BCUT2D eigenvalue weighted by Crippen LogP contribution is -2.14. The molecule has 0 saturated heterocycles. The molecule has 0 aromatic heterocycles. The van der Waals surface area contributed by atoms with E-state index in [4.69, 9.17) is 0 Å². The second-order valence-electron chi connectivity index (χ2n) is 6.53. The molecular weight excluding hydrogens is 264 g/mol. The monoisotopic (exact) mass is 290 g/mol. The number of aryl methyl sites for hydroxylation is 1. The molecule has 0 bridgehead atoms. The Balaban J connectivity index is 1.62. The molecule has 0 heteroatoms. The van der Waals surface area contributed by atoms with Crippen LogP contribution < -0.4 is 0 Å². The molecule has 0 nitrogen and oxygen atoms in total. The number of benzene rings is 2. The molecule has 0 N–H and O–H groups in total. The van der Waals surface area contributed by atoms with Gasteiger partial charge in [-0.1, -0.05) is 68.1 Å². The van der Waals surface area contributed by atoms with Crippen molar-refractivity contribution in [3.8, 4) is 0 Å². The van der Waals surface area contributed by atoms with Gasteiger partial charge in [-0.2, -0.15) is 0 Å². The molecule has 0 aliphatic heterocycles. The summed E-state index contributed by atoms with van der Waals surface area (Å²) in [5.74, 6) is 1.40. The highest BCUT2D eigenvalue weighted by Crippen LogP contribution is 2.40. The van der Waals surface area contributed by atoms with Crippen LogP contribution in [-0.4, -0.2) is 0 Å². The van der Waals surface area contributed by atoms with Crippen molar-refractivity contribution >= 4 is 5.57 Å². The van der Waals surface area contributed by atoms with Gasteiger partial charge < -0.3 is 0 Å². The van der Waals surface area contributed by atoms with Crippen molar-refractivity contribution in [2.75, 3.05) is 0 Å². The number of hydrogen-bond acceptors (Lipinski definition) is 0. The summed E-state index contributed by atoms with van der Waals surface area (Å²) in [6.45, 7) is 6.60. The minimum Gasteiger partial charge on any atom is -0.0950 e. The lowest BCUT2D eigenvalue weighted by molar-refractivity contribution is 0.384. The van der Waals surface area contributed by atoms with Gasteiger partial charge >= 0.3 is 0 Å². The van der Waals surface area contributed by atoms with Crippen molar-refractivity contribution < 1.29 is 0 Å². The van der Waals surface area contributed by atoms with Gasteiger partial charge in [0.05, 0.1) is 0 Å². The first-order valence-electron chi connectivity index (χ1n) is 8.61. The maximum absolute atomic E-state index is 4.40. The third-order valence-corrected chi connectivity index (χ3v) is 5.22. The molecule has 1 fully saturated rings. The summed E-state index contributed by atoms with van der Waals surface area (Å²) in [4.78, 5) is 0. The predicted octanol–water partition coefficient (Wildman–Crippen LogP) is 6.24. The molecule has 1 aliphatic rings. The largest absolute Gasteiger partial charge is 0.0950 e. The van der Waals surface area contributed by atoms with Crippen LogP contribution in [0.2, 0.25) is 0 Å². The molecule has 0 unspecified atom stereocenters. The lowest BCUT2D eigenvalue weighted by Gasteiger charge is -2.30. The highest BCUT2D eigenvalue weighted by Gasteiger charge is 2.24. The van der Waals surface area contributed by atoms with Crippen molar-refractivity contribution in [3.63, 3.8) is 0 Å². The standard InChI is InChI=1S/C22H26/c1-3-18-9-11-19(12-10-18)17(2)20-13-15-22(16-14-20)21-7-5-4-6-8-21/h4-12,20,22H,2-3,13-16H2,1H3. The van der Waals surface area contributed by atoms with Crippen molar-refractivity contribution in [2.45, 2.75) is 44.9 Å². The first kappa shape index (κ1) is 15.1. The molecule has 0 amide bonds. The quantitative estimate of drug-likeness (QED) is 0.625. The van der Waals surface area contributed by atoms with Crippen molar-refractivity contribution in [1.29, 1.82) is 0 Å². The van der Waals surface area contributed by atoms with E-state index in [1.165, 1.54) is 47.9 Å². The summed E-state index contributed by atoms with van der Waals surface area (Å²) in [5, 5.41) is 0. The van der Waals surface area contributed by atoms with Crippen LogP contribution in [0.5, 0.6) is 0 Å². The number of allylic oxidation sites excluding steroid dienone is 1. The zero-order valence-corrected chi connectivity index (χ0v) is 13.6. The second-order valence-corrected chi connectivity index (χ2v) is 6.53. The molecule has 1 saturated carbocycles. The molecular formula is C22H26. The molecule has 0 heterocycles. The summed E-state index contributed by atoms with van der Waals surface area (Å²) in [7, 11) is 0. The topological polar surface area (TPSA) is 0 Å². The molecule has 1 aliphatic carbocycles. The van der Waals surface area contributed by atoms with Crippen LogP contribution in [0.25, 0.3) is 5.57 Å². The first-order valence-corrected chi connectivity index (χ1v) is 8.61. The second kappa shape index (κ2) is 6.96. The summed E-state index contributed by atoms with van der Waals surface area (Å²) in [6, 6.07) is 20.0. The van der Waals surface area contributed by atoms with E-state index in [1.54, 1.807) is 0 Å². The molecule has 2 aromatic carbocycles. The number of hydrogen-bond donors (Lipinski definition) is 0. The molecule has 0 atom stereocenters. The molecule has 114 valence electrons. The Kier molecular flexibility index (Phi) is 4.77. The SMILES string of the molecule is C=C(c1ccc(CC)cc1)C1CCC(c2ccccc2)CC1. The lowest BCUT2D eigenvalue weighted by atomic mass is 9.75. The Morgan fingerprint density at radius 2 is 1.55 bits per heavy atom. The van der Waals surface area contributed by atoms with E-state index in [0.717, 1.165) is 12.3 Å². The van der Waals surface area contributed by atoms with E-state index in [1.807, 2.05) is 0 Å². The fourth-order valence-corrected chi connectivity index (χ4v) is 3.69. The van der Waals surface area contributed by atoms with E-state index in [0.29, 0.717) is 5.92 Å². The molecule has 2 aromatic rings. The van der Waals surface area contributed by atoms with Crippen LogP contribution in [0, 0.1) is 5.92 Å². The molecule has 3 rings (SSSR count). The summed E-state index contributed by atoms with van der Waals surface area (Å²) >= 11 is 0. The van der Waals surface area contributed by atoms with Crippen LogP contribution in [0.4, 0.5) is 0 Å². The van der Waals surface area contributed by atoms with Gasteiger partial charge in [0.1, 0.15) is 0 Å². The third kappa shape index (κ3) is 3.32. The minimum atomic E-state index is 0.660. The smallest absolute Gasteiger partial charge is 0.0161 e. The highest BCUT2D eigenvalue weighted by molar-refractivity contribution is 5.65. The molecule has 0 radical (unpaired) electrons. The van der Waals surface area contributed by atoms with Crippen molar-refractivity contribution in [3.05, 3.63) is 77.9 Å². The van der Waals surface area contributed by atoms with E-state index >= 15 is 0 Å². The first-order chi connectivity index (χ1) is 10.8. The van der Waals surface area contributed by atoms with Gasteiger partial charge in [-0.15, -0.1) is 0 Å². The van der Waals surface area contributed by atoms with E-state index in [2.05, 4.69) is 68.1 Å². The zero-order chi connectivity index (χ0) is 15.4. The van der Waals surface area contributed by atoms with E-state index in [9.17, 15) is 0 Å². The normalized spacial score (nSPS) is 21.5. The van der Waals surface area contributed by atoms with Gasteiger partial charge in [0, 0.05) is 0 Å². The van der Waals surface area contributed by atoms with Crippen LogP contribution in [-0.2, 0) is 6.42 Å². The maximum Gasteiger partial charge on any atom is -0.0161 e. The van der Waals surface area contributed by atoms with E-state index in [-0.39, 0.29) is 0 Å². The van der Waals surface area contributed by atoms with Gasteiger partial charge in [-0.25, -0.2) is 0 Å². The van der Waals surface area contributed by atoms with Gasteiger partial charge in [-0.05, 0) is 66.2 Å². The Labute approximate surface area is 134 Å². The van der Waals surface area contributed by atoms with Crippen LogP contribution in [0.3, 0.4) is 0 Å². The summed E-state index contributed by atoms with van der Waals surface area (Å²) < 4.78 is 0. The van der Waals surface area contributed by atoms with Gasteiger partial charge in [-0.3, -0.25) is 0 Å². The Hall–Kier alpha value is -1.82. The molecule has 22 heavy (non-hydrogen) atoms. The maximum atomic E-state index is 4.40. The predicted molar refractivity (Wildman–Crippen MR) is 96.0 cm³/mol. The average Bonchev–Trinajstić information content (AvgIpc) is 2.62. The third-order valence-electron chi connectivity index (χ3n) is 5.22. The van der Waals surface area contributed by atoms with Gasteiger partial charge in [0.2, 0.25) is 0 Å². The van der Waals surface area contributed by atoms with Gasteiger partial charge in [0.25, 0.3) is 0 Å². The van der Waals surface area contributed by atoms with Crippen LogP contribution in [0.15, 0.2) is 61.2 Å². The minimum absolute atomic E-state index is 0.660. The van der Waals surface area contributed by atoms with Crippen molar-refractivity contribution in [2.24, 2.45) is 5.92 Å². The van der Waals surface area contributed by atoms with Crippen LogP contribution >= 0.6 is 0 Å².